The highest BCUT2D eigenvalue weighted by molar-refractivity contribution is 7.16. The summed E-state index contributed by atoms with van der Waals surface area (Å²) in [6, 6.07) is 3.61. The Morgan fingerprint density at radius 2 is 2.08 bits per heavy atom. The topological polar surface area (TPSA) is 80.2 Å². The molecule has 1 atom stereocenters. The molecule has 0 aliphatic carbocycles. The molecule has 146 valence electrons. The zero-order chi connectivity index (χ0) is 18.9. The number of rotatable bonds is 7. The number of hydrogen-bond donors (Lipinski definition) is 3. The van der Waals surface area contributed by atoms with Crippen molar-refractivity contribution < 1.29 is 9.90 Å². The van der Waals surface area contributed by atoms with E-state index in [0.717, 1.165) is 50.7 Å². The first-order valence-electron chi connectivity index (χ1n) is 8.93. The van der Waals surface area contributed by atoms with Crippen LogP contribution in [0.15, 0.2) is 17.1 Å². The molecule has 1 aliphatic rings. The number of aliphatic hydroxyl groups is 1. The number of amides is 1. The molecule has 9 heteroatoms. The fourth-order valence-corrected chi connectivity index (χ4v) is 3.77. The molecule has 1 saturated heterocycles. The van der Waals surface area contributed by atoms with Crippen molar-refractivity contribution in [2.75, 3.05) is 52.4 Å². The quantitative estimate of drug-likeness (QED) is 0.472. The van der Waals surface area contributed by atoms with Crippen LogP contribution in [-0.4, -0.2) is 79.1 Å². The van der Waals surface area contributed by atoms with Crippen LogP contribution in [0.25, 0.3) is 0 Å². The summed E-state index contributed by atoms with van der Waals surface area (Å²) in [6.45, 7) is 9.68. The highest BCUT2D eigenvalue weighted by Gasteiger charge is 2.18. The van der Waals surface area contributed by atoms with Gasteiger partial charge in [-0.15, -0.1) is 11.3 Å². The number of halogens is 1. The molecule has 0 spiro atoms. The van der Waals surface area contributed by atoms with E-state index in [9.17, 15) is 9.90 Å². The van der Waals surface area contributed by atoms with Crippen molar-refractivity contribution in [3.8, 4) is 0 Å². The van der Waals surface area contributed by atoms with Crippen molar-refractivity contribution in [2.24, 2.45) is 4.99 Å². The summed E-state index contributed by atoms with van der Waals surface area (Å²) in [6.07, 6.45) is -0.650. The van der Waals surface area contributed by atoms with E-state index < -0.39 is 6.10 Å². The van der Waals surface area contributed by atoms with E-state index in [-0.39, 0.29) is 12.5 Å². The van der Waals surface area contributed by atoms with Gasteiger partial charge in [0.05, 0.1) is 10.9 Å². The molecule has 2 rings (SSSR count). The van der Waals surface area contributed by atoms with Gasteiger partial charge < -0.3 is 20.6 Å². The van der Waals surface area contributed by atoms with E-state index in [0.29, 0.717) is 10.3 Å². The number of piperazine rings is 1. The van der Waals surface area contributed by atoms with Gasteiger partial charge in [0, 0.05) is 57.6 Å². The Morgan fingerprint density at radius 3 is 2.65 bits per heavy atom. The van der Waals surface area contributed by atoms with Crippen LogP contribution in [0, 0.1) is 0 Å². The van der Waals surface area contributed by atoms with Gasteiger partial charge in [-0.2, -0.15) is 0 Å². The first-order chi connectivity index (χ1) is 12.5. The first kappa shape index (κ1) is 21.0. The van der Waals surface area contributed by atoms with Gasteiger partial charge >= 0.3 is 0 Å². The second-order valence-electron chi connectivity index (χ2n) is 6.15. The number of hydrogen-bond acceptors (Lipinski definition) is 5. The van der Waals surface area contributed by atoms with Crippen molar-refractivity contribution in [1.82, 2.24) is 20.4 Å². The summed E-state index contributed by atoms with van der Waals surface area (Å²) in [5, 5.41) is 16.7. The van der Waals surface area contributed by atoms with Crippen LogP contribution in [0.5, 0.6) is 0 Å². The number of carbonyl (C=O) groups excluding carboxylic acids is 1. The fourth-order valence-electron chi connectivity index (χ4n) is 2.74. The summed E-state index contributed by atoms with van der Waals surface area (Å²) in [5.74, 6) is 0.839. The number of nitrogens with zero attached hydrogens (tertiary/aromatic N) is 3. The Morgan fingerprint density at radius 1 is 1.35 bits per heavy atom. The molecule has 1 aromatic rings. The molecule has 1 fully saturated rings. The van der Waals surface area contributed by atoms with Gasteiger partial charge in [0.1, 0.15) is 6.10 Å². The third-order valence-corrected chi connectivity index (χ3v) is 5.56. The summed E-state index contributed by atoms with van der Waals surface area (Å²) < 4.78 is 0.665. The van der Waals surface area contributed by atoms with Gasteiger partial charge in [-0.1, -0.05) is 11.6 Å². The average molecular weight is 402 g/mol. The highest BCUT2D eigenvalue weighted by Crippen LogP contribution is 2.26. The van der Waals surface area contributed by atoms with Crippen LogP contribution >= 0.6 is 22.9 Å². The van der Waals surface area contributed by atoms with E-state index >= 15 is 0 Å². The maximum atomic E-state index is 11.4. The van der Waals surface area contributed by atoms with Gasteiger partial charge in [-0.25, -0.2) is 0 Å². The van der Waals surface area contributed by atoms with E-state index in [1.807, 2.05) is 17.9 Å². The van der Waals surface area contributed by atoms with Crippen LogP contribution < -0.4 is 10.6 Å². The Balaban J connectivity index is 1.74. The van der Waals surface area contributed by atoms with Gasteiger partial charge in [0.2, 0.25) is 5.91 Å². The largest absolute Gasteiger partial charge is 0.386 e. The lowest BCUT2D eigenvalue weighted by Crippen LogP contribution is -2.50. The van der Waals surface area contributed by atoms with Crippen LogP contribution in [0.2, 0.25) is 4.34 Å². The van der Waals surface area contributed by atoms with Gasteiger partial charge in [0.15, 0.2) is 5.96 Å². The summed E-state index contributed by atoms with van der Waals surface area (Å²) in [7, 11) is 0. The van der Waals surface area contributed by atoms with Crippen LogP contribution in [0.4, 0.5) is 0 Å². The van der Waals surface area contributed by atoms with Crippen molar-refractivity contribution >= 4 is 34.8 Å². The van der Waals surface area contributed by atoms with Gasteiger partial charge in [-0.3, -0.25) is 14.7 Å². The van der Waals surface area contributed by atoms with Crippen LogP contribution in [-0.2, 0) is 4.79 Å². The molecule has 1 unspecified atom stereocenters. The predicted molar refractivity (Wildman–Crippen MR) is 107 cm³/mol. The van der Waals surface area contributed by atoms with Crippen molar-refractivity contribution in [1.29, 1.82) is 0 Å². The maximum Gasteiger partial charge on any atom is 0.219 e. The minimum absolute atomic E-state index is 0.148. The third-order valence-electron chi connectivity index (χ3n) is 4.23. The fraction of sp³-hybridized carbons (Fsp3) is 0.647. The lowest BCUT2D eigenvalue weighted by Gasteiger charge is -2.34. The molecule has 1 aliphatic heterocycles. The molecule has 3 N–H and O–H groups in total. The molecule has 0 saturated carbocycles. The molecule has 1 amide bonds. The standard InChI is InChI=1S/C17H28ClN5O2S/c1-3-19-17(21-12-14(25)15-4-5-16(18)26-15)20-6-7-22-8-10-23(11-9-22)13(2)24/h4-5,14,25H,3,6-12H2,1-2H3,(H2,19,20,21). The molecule has 7 nitrogen and oxygen atoms in total. The number of aliphatic imine (C=N–C) groups is 1. The Kier molecular flexibility index (Phi) is 8.64. The van der Waals surface area contributed by atoms with Gasteiger partial charge in [-0.05, 0) is 19.1 Å². The SMILES string of the molecule is CCNC(=NCC(O)c1ccc(Cl)s1)NCCN1CCN(C(C)=O)CC1. The highest BCUT2D eigenvalue weighted by atomic mass is 35.5. The second kappa shape index (κ2) is 10.7. The molecular weight excluding hydrogens is 374 g/mol. The molecule has 0 aromatic carbocycles. The Hall–Kier alpha value is -1.35. The zero-order valence-corrected chi connectivity index (χ0v) is 16.9. The summed E-state index contributed by atoms with van der Waals surface area (Å²) in [5.41, 5.74) is 0. The summed E-state index contributed by atoms with van der Waals surface area (Å²) >= 11 is 7.28. The summed E-state index contributed by atoms with van der Waals surface area (Å²) in [4.78, 5) is 20.8. The molecule has 2 heterocycles. The first-order valence-corrected chi connectivity index (χ1v) is 10.1. The lowest BCUT2D eigenvalue weighted by atomic mass is 10.3. The molecular formula is C17H28ClN5O2S. The van der Waals surface area contributed by atoms with E-state index in [2.05, 4.69) is 20.5 Å². The van der Waals surface area contributed by atoms with Crippen LogP contribution in [0.3, 0.4) is 0 Å². The Labute approximate surface area is 164 Å². The zero-order valence-electron chi connectivity index (χ0n) is 15.4. The third kappa shape index (κ3) is 6.75. The van der Waals surface area contributed by atoms with Crippen molar-refractivity contribution in [2.45, 2.75) is 20.0 Å². The molecule has 0 bridgehead atoms. The minimum atomic E-state index is -0.650. The van der Waals surface area contributed by atoms with E-state index in [1.54, 1.807) is 13.0 Å². The normalized spacial score (nSPS) is 17.2. The van der Waals surface area contributed by atoms with Gasteiger partial charge in [0.25, 0.3) is 0 Å². The predicted octanol–water partition coefficient (Wildman–Crippen LogP) is 1.15. The smallest absolute Gasteiger partial charge is 0.219 e. The van der Waals surface area contributed by atoms with E-state index in [1.165, 1.54) is 11.3 Å². The Bertz CT molecular complexity index is 602. The number of guanidine groups is 1. The number of carbonyl (C=O) groups is 1. The second-order valence-corrected chi connectivity index (χ2v) is 7.90. The molecule has 26 heavy (non-hydrogen) atoms. The number of nitrogens with one attached hydrogen (secondary N) is 2. The maximum absolute atomic E-state index is 11.4. The molecule has 0 radical (unpaired) electrons. The number of aliphatic hydroxyl groups excluding tert-OH is 1. The lowest BCUT2D eigenvalue weighted by molar-refractivity contribution is -0.130. The minimum Gasteiger partial charge on any atom is -0.386 e. The van der Waals surface area contributed by atoms with E-state index in [4.69, 9.17) is 11.6 Å². The average Bonchev–Trinajstić information content (AvgIpc) is 3.06. The monoisotopic (exact) mass is 401 g/mol. The molecule has 1 aromatic heterocycles. The van der Waals surface area contributed by atoms with Crippen molar-refractivity contribution in [3.05, 3.63) is 21.3 Å². The van der Waals surface area contributed by atoms with Crippen LogP contribution in [0.1, 0.15) is 24.8 Å². The van der Waals surface area contributed by atoms with Crippen molar-refractivity contribution in [3.63, 3.8) is 0 Å². The number of thiophene rings is 1.